The van der Waals surface area contributed by atoms with E-state index in [1.165, 1.54) is 0 Å². The van der Waals surface area contributed by atoms with Gasteiger partial charge in [-0.05, 0) is 11.6 Å². The summed E-state index contributed by atoms with van der Waals surface area (Å²) in [7, 11) is 0. The minimum Gasteiger partial charge on any atom is -0.464 e. The van der Waals surface area contributed by atoms with E-state index in [2.05, 4.69) is 27.4 Å². The van der Waals surface area contributed by atoms with Crippen LogP contribution < -0.4 is 0 Å². The first-order valence-electron chi connectivity index (χ1n) is 7.31. The monoisotopic (exact) mass is 387 g/mol. The van der Waals surface area contributed by atoms with Gasteiger partial charge in [-0.3, -0.25) is 9.69 Å². The summed E-state index contributed by atoms with van der Waals surface area (Å²) in [5.41, 5.74) is 1.07. The predicted octanol–water partition coefficient (Wildman–Crippen LogP) is 4.29. The Bertz CT molecular complexity index is 493. The second kappa shape index (κ2) is 10.0. The van der Waals surface area contributed by atoms with Gasteiger partial charge in [-0.15, -0.1) is 6.58 Å². The molecule has 0 spiro atoms. The van der Waals surface area contributed by atoms with Crippen LogP contribution in [0.2, 0.25) is 5.02 Å². The average Bonchev–Trinajstić information content (AvgIpc) is 2.47. The summed E-state index contributed by atoms with van der Waals surface area (Å²) in [6.07, 6.45) is 1.86. The third kappa shape index (κ3) is 6.95. The third-order valence-corrected chi connectivity index (χ3v) is 4.00. The molecular formula is C17H23BrClNO2. The fraction of sp³-hybridized carbons (Fsp3) is 0.471. The lowest BCUT2D eigenvalue weighted by molar-refractivity contribution is -0.147. The fourth-order valence-corrected chi connectivity index (χ4v) is 2.66. The number of hydrogen-bond donors (Lipinski definition) is 0. The number of rotatable bonds is 9. The van der Waals surface area contributed by atoms with Gasteiger partial charge in [0.05, 0.1) is 10.7 Å². The average molecular weight is 389 g/mol. The van der Waals surface area contributed by atoms with Crippen molar-refractivity contribution in [2.45, 2.75) is 25.2 Å². The van der Waals surface area contributed by atoms with Crippen LogP contribution in [-0.4, -0.2) is 35.4 Å². The highest BCUT2D eigenvalue weighted by Crippen LogP contribution is 2.18. The van der Waals surface area contributed by atoms with Gasteiger partial charge in [0.15, 0.2) is 0 Å². The summed E-state index contributed by atoms with van der Waals surface area (Å²) in [5.74, 6) is -0.280. The molecular weight excluding hydrogens is 366 g/mol. The molecule has 0 heterocycles. The standard InChI is InChI=1S/C17H23BrClNO2/c1-4-9-20(10-14-7-5-6-8-16(14)19)11-15(18)12-22-17(21)13(2)3/h4-8,13,15H,1,9-12H2,2-3H3. The Kier molecular flexibility index (Phi) is 8.76. The summed E-state index contributed by atoms with van der Waals surface area (Å²) in [6.45, 7) is 10.0. The van der Waals surface area contributed by atoms with Gasteiger partial charge in [-0.1, -0.05) is 65.7 Å². The van der Waals surface area contributed by atoms with Gasteiger partial charge in [0, 0.05) is 24.7 Å². The Balaban J connectivity index is 2.55. The van der Waals surface area contributed by atoms with Crippen LogP contribution in [0.25, 0.3) is 0 Å². The SMILES string of the molecule is C=CCN(Cc1ccccc1Cl)CC(Br)COC(=O)C(C)C. The second-order valence-electron chi connectivity index (χ2n) is 5.46. The Hall–Kier alpha value is -0.840. The van der Waals surface area contributed by atoms with E-state index < -0.39 is 0 Å². The van der Waals surface area contributed by atoms with E-state index in [9.17, 15) is 4.79 Å². The highest BCUT2D eigenvalue weighted by Gasteiger charge is 2.15. The zero-order valence-corrected chi connectivity index (χ0v) is 15.4. The molecule has 0 amide bonds. The maximum absolute atomic E-state index is 11.5. The number of alkyl halides is 1. The third-order valence-electron chi connectivity index (χ3n) is 3.07. The Morgan fingerprint density at radius 2 is 2.14 bits per heavy atom. The van der Waals surface area contributed by atoms with Gasteiger partial charge < -0.3 is 4.74 Å². The molecule has 1 aromatic carbocycles. The molecule has 0 radical (unpaired) electrons. The van der Waals surface area contributed by atoms with Crippen LogP contribution in [0.3, 0.4) is 0 Å². The normalized spacial score (nSPS) is 12.5. The molecule has 0 aromatic heterocycles. The number of ether oxygens (including phenoxy) is 1. The van der Waals surface area contributed by atoms with Crippen LogP contribution in [0.5, 0.6) is 0 Å². The van der Waals surface area contributed by atoms with E-state index in [0.29, 0.717) is 6.61 Å². The lowest BCUT2D eigenvalue weighted by Gasteiger charge is -2.24. The Morgan fingerprint density at radius 3 is 2.73 bits per heavy atom. The Labute approximate surface area is 146 Å². The van der Waals surface area contributed by atoms with E-state index in [-0.39, 0.29) is 16.7 Å². The summed E-state index contributed by atoms with van der Waals surface area (Å²) in [4.78, 5) is 13.8. The van der Waals surface area contributed by atoms with Crippen molar-refractivity contribution in [1.29, 1.82) is 0 Å². The summed E-state index contributed by atoms with van der Waals surface area (Å²) >= 11 is 9.78. The summed E-state index contributed by atoms with van der Waals surface area (Å²) in [6, 6.07) is 7.80. The molecule has 1 unspecified atom stereocenters. The van der Waals surface area contributed by atoms with Gasteiger partial charge in [0.25, 0.3) is 0 Å². The molecule has 1 aromatic rings. The number of nitrogens with zero attached hydrogens (tertiary/aromatic N) is 1. The van der Waals surface area contributed by atoms with Crippen LogP contribution in [0.1, 0.15) is 19.4 Å². The van der Waals surface area contributed by atoms with Gasteiger partial charge in [0.1, 0.15) is 6.61 Å². The number of hydrogen-bond acceptors (Lipinski definition) is 3. The van der Waals surface area contributed by atoms with E-state index in [1.807, 2.05) is 44.2 Å². The Morgan fingerprint density at radius 1 is 1.45 bits per heavy atom. The number of halogens is 2. The minimum atomic E-state index is -0.175. The summed E-state index contributed by atoms with van der Waals surface area (Å²) < 4.78 is 5.25. The van der Waals surface area contributed by atoms with E-state index >= 15 is 0 Å². The molecule has 5 heteroatoms. The van der Waals surface area contributed by atoms with Crippen molar-refractivity contribution in [2.75, 3.05) is 19.7 Å². The molecule has 0 saturated carbocycles. The molecule has 0 fully saturated rings. The topological polar surface area (TPSA) is 29.5 Å². The zero-order chi connectivity index (χ0) is 16.5. The van der Waals surface area contributed by atoms with Crippen LogP contribution in [0.4, 0.5) is 0 Å². The lowest BCUT2D eigenvalue weighted by atomic mass is 10.2. The van der Waals surface area contributed by atoms with Crippen LogP contribution in [0.15, 0.2) is 36.9 Å². The summed E-state index contributed by atoms with van der Waals surface area (Å²) in [5, 5.41) is 0.758. The van der Waals surface area contributed by atoms with Crippen molar-refractivity contribution < 1.29 is 9.53 Å². The van der Waals surface area contributed by atoms with Crippen LogP contribution >= 0.6 is 27.5 Å². The number of esters is 1. The first-order chi connectivity index (χ1) is 10.4. The largest absolute Gasteiger partial charge is 0.464 e. The molecule has 0 aliphatic heterocycles. The fourth-order valence-electron chi connectivity index (χ4n) is 1.93. The molecule has 1 atom stereocenters. The van der Waals surface area contributed by atoms with Gasteiger partial charge in [-0.2, -0.15) is 0 Å². The minimum absolute atomic E-state index is 0.0673. The maximum Gasteiger partial charge on any atom is 0.308 e. The molecule has 0 aliphatic carbocycles. The van der Waals surface area contributed by atoms with E-state index in [1.54, 1.807) is 0 Å². The zero-order valence-electron chi connectivity index (χ0n) is 13.1. The highest BCUT2D eigenvalue weighted by atomic mass is 79.9. The van der Waals surface area contributed by atoms with Crippen LogP contribution in [0, 0.1) is 5.92 Å². The second-order valence-corrected chi connectivity index (χ2v) is 7.16. The van der Waals surface area contributed by atoms with Crippen molar-refractivity contribution in [3.8, 4) is 0 Å². The first-order valence-corrected chi connectivity index (χ1v) is 8.60. The van der Waals surface area contributed by atoms with Crippen molar-refractivity contribution in [3.63, 3.8) is 0 Å². The van der Waals surface area contributed by atoms with Crippen molar-refractivity contribution in [1.82, 2.24) is 4.90 Å². The molecule has 0 saturated heterocycles. The number of carbonyl (C=O) groups excluding carboxylic acids is 1. The highest BCUT2D eigenvalue weighted by molar-refractivity contribution is 9.09. The van der Waals surface area contributed by atoms with Gasteiger partial charge in [-0.25, -0.2) is 0 Å². The molecule has 22 heavy (non-hydrogen) atoms. The predicted molar refractivity (Wildman–Crippen MR) is 95.4 cm³/mol. The smallest absolute Gasteiger partial charge is 0.308 e. The molecule has 0 N–H and O–H groups in total. The van der Waals surface area contributed by atoms with Gasteiger partial charge in [0.2, 0.25) is 0 Å². The van der Waals surface area contributed by atoms with Crippen molar-refractivity contribution in [2.24, 2.45) is 5.92 Å². The first kappa shape index (κ1) is 19.2. The molecule has 1 rings (SSSR count). The van der Waals surface area contributed by atoms with E-state index in [0.717, 1.165) is 30.2 Å². The molecule has 3 nitrogen and oxygen atoms in total. The maximum atomic E-state index is 11.5. The number of benzene rings is 1. The van der Waals surface area contributed by atoms with Crippen molar-refractivity contribution >= 4 is 33.5 Å². The number of carbonyl (C=O) groups is 1. The van der Waals surface area contributed by atoms with Crippen molar-refractivity contribution in [3.05, 3.63) is 47.5 Å². The molecule has 122 valence electrons. The lowest BCUT2D eigenvalue weighted by Crippen LogP contribution is -2.32. The van der Waals surface area contributed by atoms with Crippen LogP contribution in [-0.2, 0) is 16.1 Å². The van der Waals surface area contributed by atoms with Gasteiger partial charge >= 0.3 is 5.97 Å². The molecule has 0 bridgehead atoms. The quantitative estimate of drug-likeness (QED) is 0.359. The van der Waals surface area contributed by atoms with E-state index in [4.69, 9.17) is 16.3 Å². The molecule has 0 aliphatic rings.